The van der Waals surface area contributed by atoms with E-state index in [-0.39, 0.29) is 5.54 Å². The Morgan fingerprint density at radius 2 is 1.66 bits per heavy atom. The van der Waals surface area contributed by atoms with E-state index in [4.69, 9.17) is 9.47 Å². The van der Waals surface area contributed by atoms with Gasteiger partial charge in [-0.25, -0.2) is 0 Å². The van der Waals surface area contributed by atoms with Crippen LogP contribution in [0.25, 0.3) is 0 Å². The molecule has 5 fully saturated rings. The van der Waals surface area contributed by atoms with Crippen molar-refractivity contribution in [3.05, 3.63) is 0 Å². The van der Waals surface area contributed by atoms with E-state index in [2.05, 4.69) is 9.80 Å². The van der Waals surface area contributed by atoms with Crippen molar-refractivity contribution in [2.24, 2.45) is 11.8 Å². The van der Waals surface area contributed by atoms with E-state index >= 15 is 0 Å². The molecule has 1 spiro atoms. The molecule has 5 nitrogen and oxygen atoms in total. The first-order valence-electron chi connectivity index (χ1n) is 12.5. The van der Waals surface area contributed by atoms with Gasteiger partial charge in [0.2, 0.25) is 5.91 Å². The Balaban J connectivity index is 1.13. The second-order valence-corrected chi connectivity index (χ2v) is 10.5. The first-order chi connectivity index (χ1) is 14.2. The molecule has 5 heteroatoms. The zero-order valence-electron chi connectivity index (χ0n) is 18.2. The number of carbonyl (C=O) groups is 1. The molecule has 3 heterocycles. The van der Waals surface area contributed by atoms with Gasteiger partial charge < -0.3 is 14.4 Å². The molecule has 0 radical (unpaired) electrons. The summed E-state index contributed by atoms with van der Waals surface area (Å²) < 4.78 is 12.1. The molecular formula is C24H40N2O3. The Morgan fingerprint density at radius 3 is 2.34 bits per heavy atom. The first-order valence-corrected chi connectivity index (χ1v) is 12.5. The molecule has 29 heavy (non-hydrogen) atoms. The minimum Gasteiger partial charge on any atom is -0.381 e. The third-order valence-electron chi connectivity index (χ3n) is 8.57. The summed E-state index contributed by atoms with van der Waals surface area (Å²) in [6, 6.07) is 0.618. The van der Waals surface area contributed by atoms with E-state index in [0.29, 0.717) is 24.0 Å². The molecule has 5 aliphatic rings. The number of hydrogen-bond donors (Lipinski definition) is 0. The molecule has 0 bridgehead atoms. The van der Waals surface area contributed by atoms with Gasteiger partial charge in [-0.2, -0.15) is 0 Å². The van der Waals surface area contributed by atoms with Crippen LogP contribution in [0.4, 0.5) is 0 Å². The van der Waals surface area contributed by atoms with Crippen LogP contribution in [0.3, 0.4) is 0 Å². The van der Waals surface area contributed by atoms with Crippen LogP contribution in [0.1, 0.15) is 77.0 Å². The Bertz CT molecular complexity index is 558. The number of amides is 1. The van der Waals surface area contributed by atoms with Crippen molar-refractivity contribution >= 4 is 5.91 Å². The quantitative estimate of drug-likeness (QED) is 0.678. The second kappa shape index (κ2) is 8.84. The van der Waals surface area contributed by atoms with E-state index < -0.39 is 0 Å². The lowest BCUT2D eigenvalue weighted by molar-refractivity contribution is -0.217. The van der Waals surface area contributed by atoms with Gasteiger partial charge in [-0.05, 0) is 63.2 Å². The normalized spacial score (nSPS) is 31.7. The minimum absolute atomic E-state index is 0.214. The first kappa shape index (κ1) is 20.3. The average Bonchev–Trinajstić information content (AvgIpc) is 3.59. The maximum Gasteiger partial charge on any atom is 0.222 e. The van der Waals surface area contributed by atoms with Crippen LogP contribution < -0.4 is 0 Å². The predicted molar refractivity (Wildman–Crippen MR) is 113 cm³/mol. The maximum atomic E-state index is 12.8. The Labute approximate surface area is 176 Å². The van der Waals surface area contributed by atoms with Gasteiger partial charge in [-0.3, -0.25) is 9.69 Å². The summed E-state index contributed by atoms with van der Waals surface area (Å²) in [5.74, 6) is 1.91. The molecule has 0 N–H and O–H groups in total. The van der Waals surface area contributed by atoms with Crippen LogP contribution in [0.2, 0.25) is 0 Å². The van der Waals surface area contributed by atoms with Crippen LogP contribution in [0, 0.1) is 11.8 Å². The average molecular weight is 405 g/mol. The number of nitrogens with zero attached hydrogens (tertiary/aromatic N) is 2. The Morgan fingerprint density at radius 1 is 0.931 bits per heavy atom. The summed E-state index contributed by atoms with van der Waals surface area (Å²) in [5, 5.41) is 0. The number of carbonyl (C=O) groups excluding carboxylic acids is 1. The fourth-order valence-electron chi connectivity index (χ4n) is 6.39. The van der Waals surface area contributed by atoms with Crippen LogP contribution in [-0.4, -0.2) is 72.8 Å². The number of ether oxygens (including phenoxy) is 2. The molecule has 164 valence electrons. The molecule has 0 aromatic heterocycles. The fraction of sp³-hybridized carbons (Fsp3) is 0.958. The molecule has 1 amide bonds. The van der Waals surface area contributed by atoms with Gasteiger partial charge in [-0.15, -0.1) is 0 Å². The van der Waals surface area contributed by atoms with Gasteiger partial charge in [0.1, 0.15) is 0 Å². The molecule has 1 unspecified atom stereocenters. The molecule has 0 aromatic carbocycles. The van der Waals surface area contributed by atoms with Crippen molar-refractivity contribution in [1.29, 1.82) is 0 Å². The van der Waals surface area contributed by atoms with Crippen molar-refractivity contribution < 1.29 is 14.3 Å². The van der Waals surface area contributed by atoms with Crippen molar-refractivity contribution in [2.45, 2.75) is 94.7 Å². The number of rotatable bonds is 6. The number of likely N-dealkylation sites (tertiary alicyclic amines) is 2. The lowest BCUT2D eigenvalue weighted by Gasteiger charge is -2.63. The minimum atomic E-state index is 0.214. The molecular weight excluding hydrogens is 364 g/mol. The van der Waals surface area contributed by atoms with Gasteiger partial charge in [0.15, 0.2) is 0 Å². The molecule has 2 saturated carbocycles. The standard InChI is InChI=1S/C24H40N2O3/c27-23(16-19-4-2-1-3-5-19)25-12-8-21(9-13-25)26-17-22(29-18-20-6-7-20)24(26)10-14-28-15-11-24/h19-22H,1-18H2. The van der Waals surface area contributed by atoms with E-state index in [1.54, 1.807) is 0 Å². The molecule has 1 atom stereocenters. The highest BCUT2D eigenvalue weighted by atomic mass is 16.5. The summed E-state index contributed by atoms with van der Waals surface area (Å²) in [7, 11) is 0. The maximum absolute atomic E-state index is 12.8. The lowest BCUT2D eigenvalue weighted by atomic mass is 9.73. The molecule has 2 aliphatic carbocycles. The summed E-state index contributed by atoms with van der Waals surface area (Å²) in [5.41, 5.74) is 0.214. The number of piperidine rings is 1. The predicted octanol–water partition coefficient (Wildman–Crippen LogP) is 3.61. The number of hydrogen-bond acceptors (Lipinski definition) is 4. The lowest BCUT2D eigenvalue weighted by Crippen LogP contribution is -2.76. The van der Waals surface area contributed by atoms with Crippen LogP contribution in [0.15, 0.2) is 0 Å². The van der Waals surface area contributed by atoms with Crippen molar-refractivity contribution in [3.63, 3.8) is 0 Å². The zero-order chi connectivity index (χ0) is 19.7. The van der Waals surface area contributed by atoms with Crippen molar-refractivity contribution in [3.8, 4) is 0 Å². The van der Waals surface area contributed by atoms with Gasteiger partial charge in [0.05, 0.1) is 11.6 Å². The van der Waals surface area contributed by atoms with Crippen molar-refractivity contribution in [2.75, 3.05) is 39.5 Å². The summed E-state index contributed by atoms with van der Waals surface area (Å²) >= 11 is 0. The topological polar surface area (TPSA) is 42.0 Å². The monoisotopic (exact) mass is 404 g/mol. The van der Waals surface area contributed by atoms with E-state index in [0.717, 1.165) is 77.5 Å². The molecule has 0 aromatic rings. The molecule has 5 rings (SSSR count). The highest BCUT2D eigenvalue weighted by Crippen LogP contribution is 2.45. The smallest absolute Gasteiger partial charge is 0.222 e. The van der Waals surface area contributed by atoms with Gasteiger partial charge in [-0.1, -0.05) is 19.3 Å². The second-order valence-electron chi connectivity index (χ2n) is 10.5. The largest absolute Gasteiger partial charge is 0.381 e. The van der Waals surface area contributed by atoms with Crippen molar-refractivity contribution in [1.82, 2.24) is 9.80 Å². The van der Waals surface area contributed by atoms with E-state index in [1.165, 1.54) is 44.9 Å². The molecule has 3 saturated heterocycles. The van der Waals surface area contributed by atoms with Gasteiger partial charge >= 0.3 is 0 Å². The highest BCUT2D eigenvalue weighted by Gasteiger charge is 2.57. The summed E-state index contributed by atoms with van der Waals surface area (Å²) in [6.07, 6.45) is 15.0. The van der Waals surface area contributed by atoms with Crippen LogP contribution in [0.5, 0.6) is 0 Å². The zero-order valence-corrected chi connectivity index (χ0v) is 18.2. The third kappa shape index (κ3) is 4.38. The molecule has 3 aliphatic heterocycles. The Kier molecular flexibility index (Phi) is 6.18. The van der Waals surface area contributed by atoms with Crippen LogP contribution >= 0.6 is 0 Å². The third-order valence-corrected chi connectivity index (χ3v) is 8.57. The van der Waals surface area contributed by atoms with E-state index in [9.17, 15) is 4.79 Å². The SMILES string of the molecule is O=C(CC1CCCCC1)N1CCC(N2CC(OCC3CC3)C23CCOCC3)CC1. The van der Waals surface area contributed by atoms with Gasteiger partial charge in [0, 0.05) is 51.9 Å². The highest BCUT2D eigenvalue weighted by molar-refractivity contribution is 5.76. The fourth-order valence-corrected chi connectivity index (χ4v) is 6.39. The van der Waals surface area contributed by atoms with Gasteiger partial charge in [0.25, 0.3) is 0 Å². The van der Waals surface area contributed by atoms with E-state index in [1.807, 2.05) is 0 Å². The Hall–Kier alpha value is -0.650. The van der Waals surface area contributed by atoms with Crippen LogP contribution in [-0.2, 0) is 14.3 Å². The summed E-state index contributed by atoms with van der Waals surface area (Å²) in [4.78, 5) is 17.7. The summed E-state index contributed by atoms with van der Waals surface area (Å²) in [6.45, 7) is 5.71.